The predicted molar refractivity (Wildman–Crippen MR) is 91.2 cm³/mol. The first-order valence-corrected chi connectivity index (χ1v) is 9.42. The van der Waals surface area contributed by atoms with Gasteiger partial charge in [0, 0.05) is 19.0 Å². The van der Waals surface area contributed by atoms with Crippen molar-refractivity contribution in [3.63, 3.8) is 0 Å². The van der Waals surface area contributed by atoms with E-state index in [1.165, 1.54) is 24.1 Å². The van der Waals surface area contributed by atoms with Crippen molar-refractivity contribution in [2.45, 2.75) is 11.0 Å². The summed E-state index contributed by atoms with van der Waals surface area (Å²) in [4.78, 5) is 25.6. The van der Waals surface area contributed by atoms with Gasteiger partial charge in [0.05, 0.1) is 5.92 Å². The van der Waals surface area contributed by atoms with Crippen LogP contribution in [-0.4, -0.2) is 50.4 Å². The van der Waals surface area contributed by atoms with E-state index < -0.39 is 27.8 Å². The number of likely N-dealkylation sites (tertiary alicyclic amines) is 1. The number of carboxylic acid groups (broad SMARTS) is 1. The molecule has 138 valence electrons. The number of carbonyl (C=O) groups excluding carboxylic acids is 1. The summed E-state index contributed by atoms with van der Waals surface area (Å²) in [6.45, 7) is 0.247. The monoisotopic (exact) mass is 378 g/mol. The summed E-state index contributed by atoms with van der Waals surface area (Å²) in [6, 6.07) is 11.6. The maximum absolute atomic E-state index is 12.6. The lowest BCUT2D eigenvalue weighted by atomic mass is 9.89. The molecule has 1 aromatic heterocycles. The van der Waals surface area contributed by atoms with Crippen molar-refractivity contribution in [3.8, 4) is 0 Å². The van der Waals surface area contributed by atoms with Gasteiger partial charge in [-0.15, -0.1) is 0 Å². The van der Waals surface area contributed by atoms with Crippen LogP contribution < -0.4 is 4.72 Å². The molecule has 1 aliphatic rings. The third-order valence-corrected chi connectivity index (χ3v) is 5.76. The van der Waals surface area contributed by atoms with Gasteiger partial charge in [0.1, 0.15) is 0 Å². The molecule has 0 bridgehead atoms. The smallest absolute Gasteiger partial charge is 0.308 e. The van der Waals surface area contributed by atoms with Gasteiger partial charge in [-0.05, 0) is 24.7 Å². The predicted octanol–water partition coefficient (Wildman–Crippen LogP) is 1.13. The third kappa shape index (κ3) is 3.35. The number of benzene rings is 1. The van der Waals surface area contributed by atoms with Crippen molar-refractivity contribution in [2.24, 2.45) is 5.92 Å². The summed E-state index contributed by atoms with van der Waals surface area (Å²) in [5.74, 6) is -2.74. The van der Waals surface area contributed by atoms with Gasteiger partial charge in [0.15, 0.2) is 5.76 Å². The fraction of sp³-hybridized carbons (Fsp3) is 0.294. The van der Waals surface area contributed by atoms with Gasteiger partial charge in [-0.3, -0.25) is 9.59 Å². The number of rotatable bonds is 5. The number of hydrogen-bond donors (Lipinski definition) is 2. The zero-order valence-electron chi connectivity index (χ0n) is 14.0. The van der Waals surface area contributed by atoms with Crippen LogP contribution in [0.15, 0.2) is 52.0 Å². The molecule has 0 saturated carbocycles. The van der Waals surface area contributed by atoms with Crippen molar-refractivity contribution in [1.29, 1.82) is 0 Å². The van der Waals surface area contributed by atoms with Crippen molar-refractivity contribution in [2.75, 3.05) is 20.1 Å². The van der Waals surface area contributed by atoms with E-state index >= 15 is 0 Å². The number of carbonyl (C=O) groups is 2. The number of aliphatic carboxylic acids is 1. The number of hydrogen-bond acceptors (Lipinski definition) is 5. The van der Waals surface area contributed by atoms with Gasteiger partial charge in [-0.2, -0.15) is 0 Å². The number of furan rings is 1. The van der Waals surface area contributed by atoms with Crippen LogP contribution in [0, 0.1) is 5.92 Å². The molecule has 0 radical (unpaired) electrons. The van der Waals surface area contributed by atoms with Crippen LogP contribution in [0.3, 0.4) is 0 Å². The van der Waals surface area contributed by atoms with E-state index in [1.807, 2.05) is 30.3 Å². The molecular formula is C17H18N2O6S. The lowest BCUT2D eigenvalue weighted by Crippen LogP contribution is -2.29. The minimum Gasteiger partial charge on any atom is -0.481 e. The van der Waals surface area contributed by atoms with E-state index in [1.54, 1.807) is 0 Å². The summed E-state index contributed by atoms with van der Waals surface area (Å²) < 4.78 is 30.7. The van der Waals surface area contributed by atoms with Crippen molar-refractivity contribution in [1.82, 2.24) is 9.62 Å². The molecule has 0 unspecified atom stereocenters. The lowest BCUT2D eigenvalue weighted by Gasteiger charge is -2.15. The van der Waals surface area contributed by atoms with E-state index in [0.717, 1.165) is 5.56 Å². The Morgan fingerprint density at radius 1 is 1.15 bits per heavy atom. The molecule has 1 aliphatic heterocycles. The van der Waals surface area contributed by atoms with E-state index in [-0.39, 0.29) is 29.9 Å². The molecule has 1 fully saturated rings. The average Bonchev–Trinajstić information content (AvgIpc) is 3.30. The van der Waals surface area contributed by atoms with Crippen molar-refractivity contribution >= 4 is 21.9 Å². The first-order valence-electron chi connectivity index (χ1n) is 7.94. The fourth-order valence-electron chi connectivity index (χ4n) is 3.09. The highest BCUT2D eigenvalue weighted by molar-refractivity contribution is 7.89. The van der Waals surface area contributed by atoms with Crippen LogP contribution in [0.25, 0.3) is 0 Å². The highest BCUT2D eigenvalue weighted by Crippen LogP contribution is 2.33. The summed E-state index contributed by atoms with van der Waals surface area (Å²) in [6.07, 6.45) is 0. The topological polar surface area (TPSA) is 117 Å². The van der Waals surface area contributed by atoms with E-state index in [4.69, 9.17) is 4.42 Å². The number of sulfonamides is 1. The lowest BCUT2D eigenvalue weighted by molar-refractivity contribution is -0.141. The molecule has 3 rings (SSSR count). The largest absolute Gasteiger partial charge is 0.481 e. The number of amides is 1. The minimum absolute atomic E-state index is 0.0303. The molecule has 8 nitrogen and oxygen atoms in total. The Hall–Kier alpha value is -2.65. The van der Waals surface area contributed by atoms with Gasteiger partial charge in [-0.1, -0.05) is 30.3 Å². The molecular weight excluding hydrogens is 360 g/mol. The molecule has 1 saturated heterocycles. The van der Waals surface area contributed by atoms with Gasteiger partial charge in [0.2, 0.25) is 5.09 Å². The maximum Gasteiger partial charge on any atom is 0.308 e. The summed E-state index contributed by atoms with van der Waals surface area (Å²) >= 11 is 0. The summed E-state index contributed by atoms with van der Waals surface area (Å²) in [5.41, 5.74) is 0.841. The van der Waals surface area contributed by atoms with Crippen LogP contribution in [-0.2, 0) is 14.8 Å². The number of nitrogens with zero attached hydrogens (tertiary/aromatic N) is 1. The standard InChI is InChI=1S/C17H18N2O6S/c1-18-26(23,24)15-8-7-14(25-15)16(20)19-9-12(13(10-19)17(21)22)11-5-3-2-4-6-11/h2-8,12-13,18H,9-10H2,1H3,(H,21,22)/t12-,13-/m0/s1. The first-order chi connectivity index (χ1) is 12.3. The fourth-order valence-corrected chi connectivity index (χ4v) is 3.74. The van der Waals surface area contributed by atoms with Gasteiger partial charge in [0.25, 0.3) is 15.9 Å². The Kier molecular flexibility index (Phi) is 4.84. The molecule has 26 heavy (non-hydrogen) atoms. The van der Waals surface area contributed by atoms with E-state index in [0.29, 0.717) is 0 Å². The number of carboxylic acids is 1. The summed E-state index contributed by atoms with van der Waals surface area (Å²) in [5, 5.41) is 9.14. The zero-order chi connectivity index (χ0) is 18.9. The van der Waals surface area contributed by atoms with Crippen LogP contribution in [0.4, 0.5) is 0 Å². The number of nitrogens with one attached hydrogen (secondary N) is 1. The van der Waals surface area contributed by atoms with Gasteiger partial charge < -0.3 is 14.4 Å². The van der Waals surface area contributed by atoms with Crippen LogP contribution in [0.2, 0.25) is 0 Å². The van der Waals surface area contributed by atoms with Gasteiger partial charge in [-0.25, -0.2) is 13.1 Å². The van der Waals surface area contributed by atoms with Crippen LogP contribution in [0.5, 0.6) is 0 Å². The Morgan fingerprint density at radius 2 is 1.85 bits per heavy atom. The van der Waals surface area contributed by atoms with Crippen LogP contribution in [0.1, 0.15) is 22.0 Å². The highest BCUT2D eigenvalue weighted by atomic mass is 32.2. The zero-order valence-corrected chi connectivity index (χ0v) is 14.8. The Morgan fingerprint density at radius 3 is 2.46 bits per heavy atom. The van der Waals surface area contributed by atoms with Crippen LogP contribution >= 0.6 is 0 Å². The van der Waals surface area contributed by atoms with Gasteiger partial charge >= 0.3 is 5.97 Å². The average molecular weight is 378 g/mol. The molecule has 1 aromatic carbocycles. The molecule has 0 spiro atoms. The highest BCUT2D eigenvalue weighted by Gasteiger charge is 2.41. The summed E-state index contributed by atoms with van der Waals surface area (Å²) in [7, 11) is -2.56. The Bertz CT molecular complexity index is 922. The molecule has 9 heteroatoms. The molecule has 1 amide bonds. The Balaban J connectivity index is 1.84. The van der Waals surface area contributed by atoms with Crippen molar-refractivity contribution < 1.29 is 27.5 Å². The molecule has 2 aromatic rings. The van der Waals surface area contributed by atoms with Crippen molar-refractivity contribution in [3.05, 3.63) is 53.8 Å². The quantitative estimate of drug-likeness (QED) is 0.805. The molecule has 2 atom stereocenters. The second kappa shape index (κ2) is 6.93. The second-order valence-electron chi connectivity index (χ2n) is 6.00. The normalized spacial score (nSPS) is 20.3. The van der Waals surface area contributed by atoms with E-state index in [9.17, 15) is 23.1 Å². The molecule has 2 heterocycles. The Labute approximate surface area is 150 Å². The first kappa shape index (κ1) is 18.2. The van der Waals surface area contributed by atoms with E-state index in [2.05, 4.69) is 4.72 Å². The minimum atomic E-state index is -3.79. The maximum atomic E-state index is 12.6. The molecule has 0 aliphatic carbocycles. The SMILES string of the molecule is CNS(=O)(=O)c1ccc(C(=O)N2C[C@H](C(=O)O)[C@H](c3ccccc3)C2)o1. The third-order valence-electron chi connectivity index (χ3n) is 4.48. The molecule has 2 N–H and O–H groups in total. The second-order valence-corrected chi connectivity index (χ2v) is 7.82.